The van der Waals surface area contributed by atoms with E-state index in [-0.39, 0.29) is 11.6 Å². The fourth-order valence-corrected chi connectivity index (χ4v) is 2.02. The Balaban J connectivity index is 2.11. The Bertz CT molecular complexity index is 605. The van der Waals surface area contributed by atoms with Crippen molar-refractivity contribution >= 4 is 23.6 Å². The number of carboxylic acid groups (broad SMARTS) is 1. The van der Waals surface area contributed by atoms with Crippen molar-refractivity contribution < 1.29 is 23.9 Å². The molecule has 3 amide bonds. The van der Waals surface area contributed by atoms with E-state index >= 15 is 0 Å². The summed E-state index contributed by atoms with van der Waals surface area (Å²) in [4.78, 5) is 35.5. The number of carbonyl (C=O) groups excluding carboxylic acids is 2. The topological polar surface area (TPSA) is 98.7 Å². The molecule has 1 aromatic carbocycles. The van der Waals surface area contributed by atoms with Gasteiger partial charge < -0.3 is 20.6 Å². The quantitative estimate of drug-likeness (QED) is 0.754. The highest BCUT2D eigenvalue weighted by Crippen LogP contribution is 2.16. The molecule has 1 heterocycles. The number of hydrogen-bond donors (Lipinski definition) is 3. The van der Waals surface area contributed by atoms with E-state index < -0.39 is 29.4 Å². The highest BCUT2D eigenvalue weighted by molar-refractivity contribution is 5.95. The van der Waals surface area contributed by atoms with E-state index in [2.05, 4.69) is 10.6 Å². The zero-order valence-electron chi connectivity index (χ0n) is 11.2. The molecule has 112 valence electrons. The van der Waals surface area contributed by atoms with Gasteiger partial charge in [0, 0.05) is 18.8 Å². The zero-order chi connectivity index (χ0) is 15.6. The molecule has 1 saturated heterocycles. The summed E-state index contributed by atoms with van der Waals surface area (Å²) in [7, 11) is 0. The Morgan fingerprint density at radius 2 is 2.19 bits per heavy atom. The summed E-state index contributed by atoms with van der Waals surface area (Å²) >= 11 is 0. The summed E-state index contributed by atoms with van der Waals surface area (Å²) in [5.74, 6) is -2.58. The Kier molecular flexibility index (Phi) is 4.06. The van der Waals surface area contributed by atoms with Crippen LogP contribution in [0.1, 0.15) is 17.3 Å². The van der Waals surface area contributed by atoms with Crippen molar-refractivity contribution in [1.29, 1.82) is 0 Å². The van der Waals surface area contributed by atoms with Gasteiger partial charge in [0.2, 0.25) is 5.91 Å². The Morgan fingerprint density at radius 3 is 2.81 bits per heavy atom. The van der Waals surface area contributed by atoms with Gasteiger partial charge in [-0.15, -0.1) is 0 Å². The first-order chi connectivity index (χ1) is 9.90. The summed E-state index contributed by atoms with van der Waals surface area (Å²) < 4.78 is 13.5. The van der Waals surface area contributed by atoms with Crippen LogP contribution >= 0.6 is 0 Å². The lowest BCUT2D eigenvalue weighted by Crippen LogP contribution is -2.56. The summed E-state index contributed by atoms with van der Waals surface area (Å²) in [6.45, 7) is 2.28. The molecule has 0 spiro atoms. The van der Waals surface area contributed by atoms with E-state index in [0.717, 1.165) is 12.1 Å². The van der Waals surface area contributed by atoms with Crippen LogP contribution in [-0.2, 0) is 4.79 Å². The van der Waals surface area contributed by atoms with Crippen molar-refractivity contribution in [2.75, 3.05) is 18.4 Å². The number of nitrogens with zero attached hydrogens (tertiary/aromatic N) is 1. The summed E-state index contributed by atoms with van der Waals surface area (Å²) in [5.41, 5.74) is -0.348. The smallest absolute Gasteiger partial charge is 0.338 e. The van der Waals surface area contributed by atoms with Gasteiger partial charge in [0.05, 0.1) is 5.56 Å². The van der Waals surface area contributed by atoms with Crippen LogP contribution in [0.3, 0.4) is 0 Å². The van der Waals surface area contributed by atoms with Crippen LogP contribution in [0.5, 0.6) is 0 Å². The molecule has 0 saturated carbocycles. The number of benzene rings is 1. The molecule has 7 nitrogen and oxygen atoms in total. The molecule has 1 unspecified atom stereocenters. The van der Waals surface area contributed by atoms with Gasteiger partial charge in [0.1, 0.15) is 11.9 Å². The normalized spacial score (nSPS) is 18.1. The molecular weight excluding hydrogens is 281 g/mol. The van der Waals surface area contributed by atoms with Gasteiger partial charge >= 0.3 is 12.0 Å². The third-order valence-corrected chi connectivity index (χ3v) is 3.21. The van der Waals surface area contributed by atoms with Crippen molar-refractivity contribution in [2.24, 2.45) is 0 Å². The van der Waals surface area contributed by atoms with Crippen molar-refractivity contribution in [3.05, 3.63) is 29.6 Å². The summed E-state index contributed by atoms with van der Waals surface area (Å²) in [6, 6.07) is 2.12. The van der Waals surface area contributed by atoms with Crippen LogP contribution in [-0.4, -0.2) is 47.0 Å². The molecular formula is C13H14FN3O4. The predicted molar refractivity (Wildman–Crippen MR) is 71.6 cm³/mol. The average Bonchev–Trinajstić information content (AvgIpc) is 2.41. The highest BCUT2D eigenvalue weighted by atomic mass is 19.1. The predicted octanol–water partition coefficient (Wildman–Crippen LogP) is 0.876. The maximum Gasteiger partial charge on any atom is 0.338 e. The maximum absolute atomic E-state index is 13.5. The van der Waals surface area contributed by atoms with Crippen LogP contribution in [0.2, 0.25) is 0 Å². The number of carboxylic acids is 1. The molecule has 1 aromatic rings. The van der Waals surface area contributed by atoms with Gasteiger partial charge in [-0.3, -0.25) is 4.79 Å². The molecule has 1 aliphatic rings. The lowest BCUT2D eigenvalue weighted by molar-refractivity contribution is -0.126. The first kappa shape index (κ1) is 14.8. The van der Waals surface area contributed by atoms with Crippen LogP contribution in [0, 0.1) is 5.82 Å². The van der Waals surface area contributed by atoms with Crippen molar-refractivity contribution in [2.45, 2.75) is 13.0 Å². The van der Waals surface area contributed by atoms with E-state index in [1.807, 2.05) is 0 Å². The molecule has 0 bridgehead atoms. The van der Waals surface area contributed by atoms with E-state index in [9.17, 15) is 18.8 Å². The van der Waals surface area contributed by atoms with Gasteiger partial charge in [-0.1, -0.05) is 0 Å². The largest absolute Gasteiger partial charge is 0.478 e. The van der Waals surface area contributed by atoms with E-state index in [4.69, 9.17) is 5.11 Å². The number of carbonyl (C=O) groups is 3. The molecule has 1 atom stereocenters. The second-order valence-electron chi connectivity index (χ2n) is 4.59. The Hall–Kier alpha value is -2.64. The monoisotopic (exact) mass is 295 g/mol. The molecule has 0 aliphatic carbocycles. The molecule has 3 N–H and O–H groups in total. The van der Waals surface area contributed by atoms with Gasteiger partial charge in [-0.2, -0.15) is 0 Å². The van der Waals surface area contributed by atoms with Crippen molar-refractivity contribution in [3.8, 4) is 0 Å². The van der Waals surface area contributed by atoms with Crippen LogP contribution in [0.15, 0.2) is 18.2 Å². The van der Waals surface area contributed by atoms with Crippen LogP contribution < -0.4 is 10.6 Å². The summed E-state index contributed by atoms with van der Waals surface area (Å²) in [5, 5.41) is 13.8. The molecule has 1 aliphatic heterocycles. The minimum atomic E-state index is -1.38. The van der Waals surface area contributed by atoms with E-state index in [0.29, 0.717) is 13.1 Å². The van der Waals surface area contributed by atoms with Crippen LogP contribution in [0.4, 0.5) is 14.9 Å². The molecule has 0 aromatic heterocycles. The van der Waals surface area contributed by atoms with Crippen molar-refractivity contribution in [1.82, 2.24) is 10.2 Å². The number of aromatic carboxylic acids is 1. The first-order valence-electron chi connectivity index (χ1n) is 6.28. The minimum absolute atomic E-state index is 0.126. The number of urea groups is 1. The number of amides is 3. The van der Waals surface area contributed by atoms with Gasteiger partial charge in [-0.05, 0) is 25.1 Å². The van der Waals surface area contributed by atoms with E-state index in [1.165, 1.54) is 11.0 Å². The maximum atomic E-state index is 13.5. The van der Waals surface area contributed by atoms with E-state index in [1.54, 1.807) is 6.92 Å². The molecule has 0 radical (unpaired) electrons. The fourth-order valence-electron chi connectivity index (χ4n) is 2.02. The summed E-state index contributed by atoms with van der Waals surface area (Å²) in [6.07, 6.45) is 0. The van der Waals surface area contributed by atoms with Gasteiger partial charge in [-0.25, -0.2) is 14.0 Å². The van der Waals surface area contributed by atoms with Gasteiger partial charge in [0.15, 0.2) is 0 Å². The number of hydrogen-bond acceptors (Lipinski definition) is 3. The standard InChI is InChI=1S/C13H14FN3O4/c1-7-11(18)15-4-5-17(7)13(21)16-8-2-3-9(12(19)20)10(14)6-8/h2-3,6-7H,4-5H2,1H3,(H,15,18)(H,16,21)(H,19,20). The Morgan fingerprint density at radius 1 is 1.48 bits per heavy atom. The zero-order valence-corrected chi connectivity index (χ0v) is 11.2. The second-order valence-corrected chi connectivity index (χ2v) is 4.59. The molecule has 21 heavy (non-hydrogen) atoms. The fraction of sp³-hybridized carbons (Fsp3) is 0.308. The van der Waals surface area contributed by atoms with Crippen molar-refractivity contribution in [3.63, 3.8) is 0 Å². The third kappa shape index (κ3) is 3.10. The highest BCUT2D eigenvalue weighted by Gasteiger charge is 2.29. The van der Waals surface area contributed by atoms with Crippen LogP contribution in [0.25, 0.3) is 0 Å². The first-order valence-corrected chi connectivity index (χ1v) is 6.28. The Labute approximate surface area is 119 Å². The number of piperazine rings is 1. The lowest BCUT2D eigenvalue weighted by Gasteiger charge is -2.32. The third-order valence-electron chi connectivity index (χ3n) is 3.21. The molecule has 2 rings (SSSR count). The minimum Gasteiger partial charge on any atom is -0.478 e. The SMILES string of the molecule is CC1C(=O)NCCN1C(=O)Nc1ccc(C(=O)O)c(F)c1. The number of anilines is 1. The number of rotatable bonds is 2. The average molecular weight is 295 g/mol. The lowest BCUT2D eigenvalue weighted by atomic mass is 10.2. The second kappa shape index (κ2) is 5.78. The molecule has 8 heteroatoms. The number of halogens is 1. The molecule has 1 fully saturated rings. The van der Waals surface area contributed by atoms with Gasteiger partial charge in [0.25, 0.3) is 0 Å². The number of nitrogens with one attached hydrogen (secondary N) is 2.